The zero-order valence-corrected chi connectivity index (χ0v) is 12.8. The Bertz CT molecular complexity index is 416. The van der Waals surface area contributed by atoms with Gasteiger partial charge in [0.05, 0.1) is 6.10 Å². The summed E-state index contributed by atoms with van der Waals surface area (Å²) in [5, 5.41) is 21.2. The van der Waals surface area contributed by atoms with Gasteiger partial charge in [-0.2, -0.15) is 0 Å². The molecule has 0 aromatic carbocycles. The summed E-state index contributed by atoms with van der Waals surface area (Å²) in [4.78, 5) is 35.9. The van der Waals surface area contributed by atoms with Crippen LogP contribution in [0.25, 0.3) is 0 Å². The number of nitrogens with zero attached hydrogens (tertiary/aromatic N) is 1. The molecule has 3 N–H and O–H groups in total. The van der Waals surface area contributed by atoms with E-state index in [1.807, 2.05) is 0 Å². The van der Waals surface area contributed by atoms with Crippen molar-refractivity contribution in [2.45, 2.75) is 52.2 Å². The molecular weight excluding hydrogens is 276 g/mol. The van der Waals surface area contributed by atoms with Crippen molar-refractivity contribution in [1.29, 1.82) is 0 Å². The first-order valence-corrected chi connectivity index (χ1v) is 7.11. The number of aliphatic hydroxyl groups excluding tert-OH is 1. The standard InChI is InChI=1S/C14H24N2O5/c1-14(2,3)13(21)15-6-4-5-11(18)16-8-9(17)7-10(16)12(19)20/h9-10,17H,4-8H2,1-3H3,(H,15,21)(H,19,20)/t9-,10+/m1/s1. The highest BCUT2D eigenvalue weighted by Crippen LogP contribution is 2.19. The van der Waals surface area contributed by atoms with E-state index < -0.39 is 23.5 Å². The maximum atomic E-state index is 12.0. The van der Waals surface area contributed by atoms with E-state index in [2.05, 4.69) is 5.32 Å². The smallest absolute Gasteiger partial charge is 0.326 e. The molecular formula is C14H24N2O5. The Morgan fingerprint density at radius 2 is 1.90 bits per heavy atom. The first-order chi connectivity index (χ1) is 9.62. The normalized spacial score (nSPS) is 22.2. The lowest BCUT2D eigenvalue weighted by Crippen LogP contribution is -2.41. The summed E-state index contributed by atoms with van der Waals surface area (Å²) in [7, 11) is 0. The van der Waals surface area contributed by atoms with Gasteiger partial charge in [0.15, 0.2) is 0 Å². The van der Waals surface area contributed by atoms with Crippen LogP contribution in [-0.4, -0.2) is 58.1 Å². The molecule has 0 radical (unpaired) electrons. The van der Waals surface area contributed by atoms with E-state index >= 15 is 0 Å². The Kier molecular flexibility index (Phi) is 5.71. The van der Waals surface area contributed by atoms with Crippen LogP contribution >= 0.6 is 0 Å². The average Bonchev–Trinajstić information content (AvgIpc) is 2.75. The number of aliphatic hydroxyl groups is 1. The van der Waals surface area contributed by atoms with Gasteiger partial charge in [0.2, 0.25) is 11.8 Å². The molecule has 2 amide bonds. The Morgan fingerprint density at radius 3 is 2.43 bits per heavy atom. The first kappa shape index (κ1) is 17.4. The molecule has 21 heavy (non-hydrogen) atoms. The van der Waals surface area contributed by atoms with Crippen LogP contribution in [0.2, 0.25) is 0 Å². The molecule has 1 saturated heterocycles. The third-order valence-corrected chi connectivity index (χ3v) is 3.42. The second kappa shape index (κ2) is 6.89. The van der Waals surface area contributed by atoms with Crippen molar-refractivity contribution in [3.63, 3.8) is 0 Å². The van der Waals surface area contributed by atoms with E-state index in [0.29, 0.717) is 13.0 Å². The summed E-state index contributed by atoms with van der Waals surface area (Å²) >= 11 is 0. The van der Waals surface area contributed by atoms with Crippen LogP contribution in [0.3, 0.4) is 0 Å². The maximum Gasteiger partial charge on any atom is 0.326 e. The molecule has 120 valence electrons. The van der Waals surface area contributed by atoms with E-state index in [1.165, 1.54) is 4.90 Å². The van der Waals surface area contributed by atoms with E-state index in [4.69, 9.17) is 5.11 Å². The zero-order valence-electron chi connectivity index (χ0n) is 12.8. The summed E-state index contributed by atoms with van der Waals surface area (Å²) in [5.74, 6) is -1.49. The minimum Gasteiger partial charge on any atom is -0.480 e. The number of carboxylic acid groups (broad SMARTS) is 1. The largest absolute Gasteiger partial charge is 0.480 e. The number of rotatable bonds is 5. The SMILES string of the molecule is CC(C)(C)C(=O)NCCCC(=O)N1C[C@H](O)C[C@H]1C(=O)O. The molecule has 1 aliphatic rings. The van der Waals surface area contributed by atoms with Crippen molar-refractivity contribution in [1.82, 2.24) is 10.2 Å². The van der Waals surface area contributed by atoms with Crippen molar-refractivity contribution < 1.29 is 24.6 Å². The fourth-order valence-electron chi connectivity index (χ4n) is 2.17. The van der Waals surface area contributed by atoms with E-state index in [-0.39, 0.29) is 31.2 Å². The summed E-state index contributed by atoms with van der Waals surface area (Å²) in [5.41, 5.74) is -0.475. The molecule has 0 saturated carbocycles. The van der Waals surface area contributed by atoms with Crippen LogP contribution in [0.15, 0.2) is 0 Å². The highest BCUT2D eigenvalue weighted by Gasteiger charge is 2.38. The lowest BCUT2D eigenvalue weighted by molar-refractivity contribution is -0.148. The molecule has 7 heteroatoms. The van der Waals surface area contributed by atoms with Gasteiger partial charge in [0, 0.05) is 31.3 Å². The zero-order chi connectivity index (χ0) is 16.2. The van der Waals surface area contributed by atoms with Gasteiger partial charge in [-0.3, -0.25) is 9.59 Å². The van der Waals surface area contributed by atoms with Crippen LogP contribution in [0.5, 0.6) is 0 Å². The van der Waals surface area contributed by atoms with Crippen molar-refractivity contribution >= 4 is 17.8 Å². The van der Waals surface area contributed by atoms with Crippen LogP contribution < -0.4 is 5.32 Å². The number of carbonyl (C=O) groups excluding carboxylic acids is 2. The van der Waals surface area contributed by atoms with Gasteiger partial charge in [0.1, 0.15) is 6.04 Å². The topological polar surface area (TPSA) is 107 Å². The van der Waals surface area contributed by atoms with Crippen molar-refractivity contribution in [3.8, 4) is 0 Å². The second-order valence-electron chi connectivity index (χ2n) is 6.40. The number of nitrogens with one attached hydrogen (secondary N) is 1. The molecule has 1 fully saturated rings. The Morgan fingerprint density at radius 1 is 1.29 bits per heavy atom. The molecule has 0 aromatic rings. The van der Waals surface area contributed by atoms with Crippen molar-refractivity contribution in [2.75, 3.05) is 13.1 Å². The first-order valence-electron chi connectivity index (χ1n) is 7.11. The summed E-state index contributed by atoms with van der Waals surface area (Å²) in [6.45, 7) is 5.84. The van der Waals surface area contributed by atoms with Crippen LogP contribution in [-0.2, 0) is 14.4 Å². The Hall–Kier alpha value is -1.63. The van der Waals surface area contributed by atoms with Crippen LogP contribution in [0.4, 0.5) is 0 Å². The number of hydrogen-bond donors (Lipinski definition) is 3. The number of hydrogen-bond acceptors (Lipinski definition) is 4. The van der Waals surface area contributed by atoms with Crippen molar-refractivity contribution in [3.05, 3.63) is 0 Å². The molecule has 1 heterocycles. The highest BCUT2D eigenvalue weighted by molar-refractivity contribution is 5.84. The quantitative estimate of drug-likeness (QED) is 0.618. The second-order valence-corrected chi connectivity index (χ2v) is 6.40. The minimum atomic E-state index is -1.10. The third-order valence-electron chi connectivity index (χ3n) is 3.42. The number of amides is 2. The van der Waals surface area contributed by atoms with Gasteiger partial charge in [-0.05, 0) is 6.42 Å². The molecule has 7 nitrogen and oxygen atoms in total. The number of β-amino-alcohol motifs (C(OH)–C–C–N with tert-alkyl or cyclic N) is 1. The minimum absolute atomic E-state index is 0.0597. The predicted octanol–water partition coefficient (Wildman–Crippen LogP) is -0.0247. The third kappa shape index (κ3) is 5.00. The number of carbonyl (C=O) groups is 3. The van der Waals surface area contributed by atoms with E-state index in [1.54, 1.807) is 20.8 Å². The summed E-state index contributed by atoms with van der Waals surface area (Å²) in [6, 6.07) is -0.948. The molecule has 0 bridgehead atoms. The fourth-order valence-corrected chi connectivity index (χ4v) is 2.17. The average molecular weight is 300 g/mol. The summed E-state index contributed by atoms with van der Waals surface area (Å²) < 4.78 is 0. The highest BCUT2D eigenvalue weighted by atomic mass is 16.4. The van der Waals surface area contributed by atoms with Crippen molar-refractivity contribution in [2.24, 2.45) is 5.41 Å². The number of likely N-dealkylation sites (tertiary alicyclic amines) is 1. The van der Waals surface area contributed by atoms with Gasteiger partial charge >= 0.3 is 5.97 Å². The van der Waals surface area contributed by atoms with Crippen LogP contribution in [0.1, 0.15) is 40.0 Å². The predicted molar refractivity (Wildman–Crippen MR) is 75.5 cm³/mol. The van der Waals surface area contributed by atoms with Gasteiger partial charge in [-0.1, -0.05) is 20.8 Å². The molecule has 1 aliphatic heterocycles. The Balaban J connectivity index is 2.37. The lowest BCUT2D eigenvalue weighted by atomic mass is 9.96. The molecule has 2 atom stereocenters. The molecule has 1 rings (SSSR count). The maximum absolute atomic E-state index is 12.0. The molecule has 0 spiro atoms. The molecule has 0 aliphatic carbocycles. The van der Waals surface area contributed by atoms with Gasteiger partial charge < -0.3 is 20.4 Å². The Labute approximate surface area is 124 Å². The monoisotopic (exact) mass is 300 g/mol. The van der Waals surface area contributed by atoms with Gasteiger partial charge in [0.25, 0.3) is 0 Å². The van der Waals surface area contributed by atoms with Gasteiger partial charge in [-0.25, -0.2) is 4.79 Å². The van der Waals surface area contributed by atoms with E-state index in [0.717, 1.165) is 0 Å². The van der Waals surface area contributed by atoms with Crippen LogP contribution in [0, 0.1) is 5.41 Å². The molecule has 0 aromatic heterocycles. The number of carboxylic acids is 1. The number of aliphatic carboxylic acids is 1. The fraction of sp³-hybridized carbons (Fsp3) is 0.786. The lowest BCUT2D eigenvalue weighted by Gasteiger charge is -2.21. The summed E-state index contributed by atoms with van der Waals surface area (Å²) in [6.07, 6.45) is -0.113. The van der Waals surface area contributed by atoms with E-state index in [9.17, 15) is 19.5 Å². The molecule has 0 unspecified atom stereocenters. The van der Waals surface area contributed by atoms with Gasteiger partial charge in [-0.15, -0.1) is 0 Å².